The van der Waals surface area contributed by atoms with Gasteiger partial charge in [0.1, 0.15) is 36.5 Å². The SMILES string of the molecule is CCO/N=C(\C(=O)N[C@@H]1C(=O)N2C(C(=O)[O-])=C(C[n+]3ccn4nc(Cl)ccc43)CS[C@H]12)c1csc(N)n1. The maximum absolute atomic E-state index is 13.1. The molecule has 1 saturated heterocycles. The lowest BCUT2D eigenvalue weighted by Crippen LogP contribution is -2.71. The normalized spacial score (nSPS) is 19.6. The molecule has 3 aromatic rings. The number of fused-ring (bicyclic) bond motifs is 2. The molecule has 1 fully saturated rings. The number of carboxylic acids is 1. The number of amides is 2. The highest BCUT2D eigenvalue weighted by Crippen LogP contribution is 2.40. The number of nitrogens with two attached hydrogens (primary N) is 1. The van der Waals surface area contributed by atoms with Crippen LogP contribution in [0.2, 0.25) is 5.15 Å². The van der Waals surface area contributed by atoms with Crippen molar-refractivity contribution in [3.05, 3.63) is 52.0 Å². The highest BCUT2D eigenvalue weighted by Gasteiger charge is 2.53. The Kier molecular flexibility index (Phi) is 6.74. The van der Waals surface area contributed by atoms with E-state index in [-0.39, 0.29) is 35.4 Å². The summed E-state index contributed by atoms with van der Waals surface area (Å²) in [6, 6.07) is 2.42. The molecule has 16 heteroatoms. The largest absolute Gasteiger partial charge is 0.543 e. The lowest BCUT2D eigenvalue weighted by Gasteiger charge is -2.50. The molecule has 13 nitrogen and oxygen atoms in total. The fourth-order valence-electron chi connectivity index (χ4n) is 4.04. The van der Waals surface area contributed by atoms with E-state index in [4.69, 9.17) is 22.2 Å². The fraction of sp³-hybridized carbons (Fsp3) is 0.286. The minimum absolute atomic E-state index is 0.135. The molecule has 0 spiro atoms. The summed E-state index contributed by atoms with van der Waals surface area (Å²) in [5, 5.41) is 24.2. The number of hydrogen-bond donors (Lipinski definition) is 2. The number of carbonyl (C=O) groups is 3. The number of imidazole rings is 1. The Morgan fingerprint density at radius 1 is 1.43 bits per heavy atom. The second-order valence-electron chi connectivity index (χ2n) is 7.91. The number of aliphatic carboxylic acids is 1. The monoisotopic (exact) mass is 562 g/mol. The summed E-state index contributed by atoms with van der Waals surface area (Å²) in [5.41, 5.74) is 6.71. The minimum atomic E-state index is -1.47. The molecule has 192 valence electrons. The molecule has 0 bridgehead atoms. The van der Waals surface area contributed by atoms with Gasteiger partial charge in [-0.1, -0.05) is 26.4 Å². The zero-order chi connectivity index (χ0) is 26.3. The first-order chi connectivity index (χ1) is 17.8. The number of nitrogens with zero attached hydrogens (tertiary/aromatic N) is 6. The molecular weight excluding hydrogens is 544 g/mol. The van der Waals surface area contributed by atoms with Crippen LogP contribution in [0.4, 0.5) is 5.13 Å². The molecular formula is C21H19ClN8O5S2. The van der Waals surface area contributed by atoms with Gasteiger partial charge in [-0.3, -0.25) is 14.5 Å². The standard InChI is InChI=1S/C21H19ClN8O5S2/c1-2-35-27-14(11-9-37-21(23)24-11)17(31)25-15-18(32)30-16(20(33)34)10(8-36-19(15)30)7-28-5-6-29-13(28)4-3-12(22)26-29/h3-6,9,15,19H,2,7-8H2,1H3,(H3-,23,24,25,31,33,34)/b27-14-/t15-,19-/m1/s1. The maximum atomic E-state index is 13.1. The van der Waals surface area contributed by atoms with Crippen LogP contribution >= 0.6 is 34.7 Å². The van der Waals surface area contributed by atoms with Gasteiger partial charge < -0.3 is 25.8 Å². The van der Waals surface area contributed by atoms with Crippen LogP contribution in [0.5, 0.6) is 0 Å². The Balaban J connectivity index is 1.37. The maximum Gasteiger partial charge on any atom is 0.307 e. The van der Waals surface area contributed by atoms with Gasteiger partial charge in [-0.2, -0.15) is 0 Å². The summed E-state index contributed by atoms with van der Waals surface area (Å²) in [5.74, 6) is -2.43. The van der Waals surface area contributed by atoms with E-state index in [0.717, 1.165) is 16.2 Å². The van der Waals surface area contributed by atoms with Crippen molar-refractivity contribution in [1.29, 1.82) is 0 Å². The third-order valence-electron chi connectivity index (χ3n) is 5.64. The molecule has 37 heavy (non-hydrogen) atoms. The van der Waals surface area contributed by atoms with Gasteiger partial charge in [0.25, 0.3) is 11.8 Å². The second kappa shape index (κ2) is 9.99. The highest BCUT2D eigenvalue weighted by atomic mass is 35.5. The Hall–Kier alpha value is -3.69. The Morgan fingerprint density at radius 2 is 2.24 bits per heavy atom. The molecule has 0 saturated carbocycles. The molecule has 5 heterocycles. The van der Waals surface area contributed by atoms with Crippen LogP contribution in [0.1, 0.15) is 12.6 Å². The summed E-state index contributed by atoms with van der Waals surface area (Å²) in [4.78, 5) is 48.4. The van der Waals surface area contributed by atoms with Crippen LogP contribution in [0.25, 0.3) is 5.65 Å². The van der Waals surface area contributed by atoms with Crippen molar-refractivity contribution in [3.8, 4) is 0 Å². The molecule has 0 radical (unpaired) electrons. The highest BCUT2D eigenvalue weighted by molar-refractivity contribution is 8.00. The second-order valence-corrected chi connectivity index (χ2v) is 10.3. The molecule has 5 rings (SSSR count). The Morgan fingerprint density at radius 3 is 2.95 bits per heavy atom. The van der Waals surface area contributed by atoms with Crippen LogP contribution in [-0.4, -0.2) is 66.8 Å². The first-order valence-electron chi connectivity index (χ1n) is 10.9. The first kappa shape index (κ1) is 25.0. The smallest absolute Gasteiger partial charge is 0.307 e. The number of rotatable bonds is 8. The summed E-state index contributed by atoms with van der Waals surface area (Å²) in [7, 11) is 0. The topological polar surface area (TPSA) is 171 Å². The summed E-state index contributed by atoms with van der Waals surface area (Å²) in [6.07, 6.45) is 3.43. The number of nitrogen functional groups attached to an aromatic ring is 1. The van der Waals surface area contributed by atoms with Crippen molar-refractivity contribution in [2.45, 2.75) is 24.9 Å². The van der Waals surface area contributed by atoms with Crippen molar-refractivity contribution in [1.82, 2.24) is 24.8 Å². The minimum Gasteiger partial charge on any atom is -0.543 e. The lowest BCUT2D eigenvalue weighted by atomic mass is 10.0. The average Bonchev–Trinajstić information content (AvgIpc) is 3.47. The fourth-order valence-corrected chi connectivity index (χ4v) is 6.06. The molecule has 3 N–H and O–H groups in total. The average molecular weight is 563 g/mol. The van der Waals surface area contributed by atoms with Crippen molar-refractivity contribution in [2.24, 2.45) is 5.16 Å². The number of carboxylic acid groups (broad SMARTS) is 1. The third-order valence-corrected chi connectivity index (χ3v) is 7.86. The number of thioether (sulfide) groups is 1. The predicted molar refractivity (Wildman–Crippen MR) is 132 cm³/mol. The quantitative estimate of drug-likeness (QED) is 0.154. The number of anilines is 1. The molecule has 0 aromatic carbocycles. The number of carbonyl (C=O) groups excluding carboxylic acids is 3. The lowest BCUT2D eigenvalue weighted by molar-refractivity contribution is -0.662. The van der Waals surface area contributed by atoms with Crippen LogP contribution in [0.15, 0.2) is 46.3 Å². The van der Waals surface area contributed by atoms with Crippen LogP contribution < -0.4 is 20.7 Å². The van der Waals surface area contributed by atoms with Crippen LogP contribution in [0, 0.1) is 0 Å². The van der Waals surface area contributed by atoms with E-state index in [1.807, 2.05) is 0 Å². The van der Waals surface area contributed by atoms with E-state index >= 15 is 0 Å². The Labute approximate surface area is 222 Å². The number of halogens is 1. The van der Waals surface area contributed by atoms with Crippen molar-refractivity contribution >= 4 is 69.0 Å². The van der Waals surface area contributed by atoms with Gasteiger partial charge in [-0.15, -0.1) is 23.1 Å². The summed E-state index contributed by atoms with van der Waals surface area (Å²) < 4.78 is 3.36. The van der Waals surface area contributed by atoms with Crippen molar-refractivity contribution < 1.29 is 28.9 Å². The molecule has 2 amide bonds. The van der Waals surface area contributed by atoms with E-state index in [0.29, 0.717) is 22.1 Å². The number of β-lactam (4-membered cyclic amide) rings is 1. The zero-order valence-corrected chi connectivity index (χ0v) is 21.5. The van der Waals surface area contributed by atoms with E-state index in [1.165, 1.54) is 11.8 Å². The van der Waals surface area contributed by atoms with Crippen molar-refractivity contribution in [3.63, 3.8) is 0 Å². The molecule has 0 unspecified atom stereocenters. The van der Waals surface area contributed by atoms with Crippen LogP contribution in [0.3, 0.4) is 0 Å². The molecule has 0 aliphatic carbocycles. The zero-order valence-electron chi connectivity index (χ0n) is 19.2. The van der Waals surface area contributed by atoms with E-state index in [1.54, 1.807) is 45.9 Å². The molecule has 3 aromatic heterocycles. The van der Waals surface area contributed by atoms with Gasteiger partial charge in [0.05, 0.1) is 11.7 Å². The molecule has 2 aliphatic rings. The summed E-state index contributed by atoms with van der Waals surface area (Å²) in [6.45, 7) is 2.11. The number of hydrogen-bond acceptors (Lipinski definition) is 11. The molecule has 2 atom stereocenters. The first-order valence-corrected chi connectivity index (χ1v) is 13.2. The van der Waals surface area contributed by atoms with Gasteiger partial charge in [-0.05, 0) is 13.0 Å². The number of thiazole rings is 1. The summed E-state index contributed by atoms with van der Waals surface area (Å²) >= 11 is 8.40. The van der Waals surface area contributed by atoms with E-state index in [9.17, 15) is 19.5 Å². The molecule has 2 aliphatic heterocycles. The van der Waals surface area contributed by atoms with Gasteiger partial charge in [-0.25, -0.2) is 9.55 Å². The van der Waals surface area contributed by atoms with Crippen LogP contribution in [-0.2, 0) is 25.8 Å². The predicted octanol–water partition coefficient (Wildman–Crippen LogP) is -0.841. The number of oxime groups is 1. The van der Waals surface area contributed by atoms with Gasteiger partial charge >= 0.3 is 5.65 Å². The van der Waals surface area contributed by atoms with E-state index < -0.39 is 29.2 Å². The van der Waals surface area contributed by atoms with E-state index in [2.05, 4.69) is 20.6 Å². The van der Waals surface area contributed by atoms with Gasteiger partial charge in [0.15, 0.2) is 22.2 Å². The number of aromatic nitrogens is 4. The Bertz CT molecular complexity index is 1480. The van der Waals surface area contributed by atoms with Gasteiger partial charge in [0, 0.05) is 22.8 Å². The number of nitrogens with one attached hydrogen (secondary N) is 1. The van der Waals surface area contributed by atoms with Gasteiger partial charge in [0.2, 0.25) is 0 Å². The van der Waals surface area contributed by atoms with Crippen molar-refractivity contribution in [2.75, 3.05) is 18.1 Å². The third kappa shape index (κ3) is 4.60.